The van der Waals surface area contributed by atoms with Crippen LogP contribution in [0.4, 0.5) is 5.82 Å². The van der Waals surface area contributed by atoms with Crippen molar-refractivity contribution in [1.82, 2.24) is 10.2 Å². The third-order valence-corrected chi connectivity index (χ3v) is 5.61. The lowest BCUT2D eigenvalue weighted by atomic mass is 10.2. The third-order valence-electron chi connectivity index (χ3n) is 4.90. The Morgan fingerprint density at radius 2 is 1.87 bits per heavy atom. The zero-order chi connectivity index (χ0) is 21.3. The Bertz CT molecular complexity index is 1120. The molecule has 4 rings (SSSR count). The molecule has 0 spiro atoms. The zero-order valence-corrected chi connectivity index (χ0v) is 17.6. The van der Waals surface area contributed by atoms with Gasteiger partial charge in [-0.3, -0.25) is 10.2 Å². The summed E-state index contributed by atoms with van der Waals surface area (Å²) >= 11 is 12.5. The molecule has 0 radical (unpaired) electrons. The van der Waals surface area contributed by atoms with E-state index in [1.807, 2.05) is 24.3 Å². The Hall–Kier alpha value is -2.58. The normalized spacial score (nSPS) is 12.4. The molecular formula is C21H21Cl2N3O4. The number of aliphatic hydroxyl groups is 2. The SMILES string of the molecule is COc1cc2c3[nH][nH]c(NCc4c(Cl)cccc4Cl)c-3cc2cc1OCC(O)CO. The lowest BCUT2D eigenvalue weighted by Crippen LogP contribution is -2.21. The number of hydrogen-bond donors (Lipinski definition) is 5. The largest absolute Gasteiger partial charge is 0.493 e. The molecule has 0 bridgehead atoms. The van der Waals surface area contributed by atoms with Crippen molar-refractivity contribution in [2.24, 2.45) is 0 Å². The number of aliphatic hydroxyl groups excluding tert-OH is 2. The lowest BCUT2D eigenvalue weighted by Gasteiger charge is -2.13. The molecule has 0 fully saturated rings. The first-order chi connectivity index (χ1) is 14.5. The van der Waals surface area contributed by atoms with Crippen molar-refractivity contribution >= 4 is 39.8 Å². The van der Waals surface area contributed by atoms with E-state index < -0.39 is 6.10 Å². The van der Waals surface area contributed by atoms with E-state index in [1.54, 1.807) is 19.2 Å². The molecule has 2 aromatic rings. The van der Waals surface area contributed by atoms with Gasteiger partial charge < -0.3 is 25.0 Å². The van der Waals surface area contributed by atoms with E-state index in [0.717, 1.165) is 33.4 Å². The fourth-order valence-electron chi connectivity index (χ4n) is 3.34. The summed E-state index contributed by atoms with van der Waals surface area (Å²) in [5.74, 6) is 1.83. The maximum Gasteiger partial charge on any atom is 0.161 e. The standard InChI is InChI=1S/C21H21Cl2N3O4/c1-29-18-7-13-11(6-19(18)30-10-12(28)9-27)5-14-20(13)25-26-21(14)24-8-15-16(22)3-2-4-17(15)23/h2-7,12,24-28H,8-10H2,1H3. The number of hydrogen-bond acceptors (Lipinski definition) is 5. The summed E-state index contributed by atoms with van der Waals surface area (Å²) in [4.78, 5) is 0. The van der Waals surface area contributed by atoms with Gasteiger partial charge in [0.15, 0.2) is 11.5 Å². The summed E-state index contributed by atoms with van der Waals surface area (Å²) in [5, 5.41) is 31.3. The van der Waals surface area contributed by atoms with Crippen LogP contribution in [0, 0.1) is 0 Å². The Morgan fingerprint density at radius 1 is 1.10 bits per heavy atom. The molecule has 7 nitrogen and oxygen atoms in total. The monoisotopic (exact) mass is 449 g/mol. The van der Waals surface area contributed by atoms with Gasteiger partial charge in [0, 0.05) is 33.1 Å². The highest BCUT2D eigenvalue weighted by Crippen LogP contribution is 2.42. The van der Waals surface area contributed by atoms with Gasteiger partial charge in [-0.25, -0.2) is 0 Å². The molecule has 2 aromatic carbocycles. The Kier molecular flexibility index (Phi) is 5.97. The summed E-state index contributed by atoms with van der Waals surface area (Å²) in [6.07, 6.45) is -0.957. The summed E-state index contributed by atoms with van der Waals surface area (Å²) in [6.45, 7) is 0.0561. The second-order valence-electron chi connectivity index (χ2n) is 6.85. The molecule has 1 unspecified atom stereocenters. The van der Waals surface area contributed by atoms with Crippen LogP contribution >= 0.6 is 23.2 Å². The van der Waals surface area contributed by atoms with Crippen LogP contribution in [0.1, 0.15) is 5.56 Å². The number of anilines is 1. The van der Waals surface area contributed by atoms with E-state index >= 15 is 0 Å². The van der Waals surface area contributed by atoms with Crippen molar-refractivity contribution in [2.75, 3.05) is 25.6 Å². The molecule has 9 heteroatoms. The zero-order valence-electron chi connectivity index (χ0n) is 16.1. The van der Waals surface area contributed by atoms with E-state index in [2.05, 4.69) is 15.5 Å². The van der Waals surface area contributed by atoms with E-state index in [9.17, 15) is 5.11 Å². The van der Waals surface area contributed by atoms with Crippen molar-refractivity contribution in [3.8, 4) is 22.8 Å². The first kappa shape index (κ1) is 20.7. The number of H-pyrrole nitrogens is 2. The smallest absolute Gasteiger partial charge is 0.161 e. The molecule has 2 aliphatic rings. The predicted molar refractivity (Wildman–Crippen MR) is 118 cm³/mol. The molecule has 1 heterocycles. The highest BCUT2D eigenvalue weighted by Gasteiger charge is 2.20. The average Bonchev–Trinajstić information content (AvgIpc) is 3.29. The number of ether oxygens (including phenoxy) is 2. The van der Waals surface area contributed by atoms with Crippen molar-refractivity contribution in [3.05, 3.63) is 52.0 Å². The van der Waals surface area contributed by atoms with Crippen LogP contribution in [0.3, 0.4) is 0 Å². The number of fused-ring (bicyclic) bond motifs is 3. The van der Waals surface area contributed by atoms with Gasteiger partial charge >= 0.3 is 0 Å². The molecule has 5 N–H and O–H groups in total. The number of aromatic amines is 2. The molecule has 0 amide bonds. The third kappa shape index (κ3) is 3.89. The van der Waals surface area contributed by atoms with Gasteiger partial charge in [-0.05, 0) is 35.7 Å². The molecule has 1 aliphatic carbocycles. The van der Waals surface area contributed by atoms with Gasteiger partial charge in [-0.15, -0.1) is 0 Å². The van der Waals surface area contributed by atoms with Gasteiger partial charge in [0.1, 0.15) is 18.5 Å². The number of rotatable bonds is 8. The van der Waals surface area contributed by atoms with Crippen LogP contribution in [0.5, 0.6) is 11.5 Å². The second kappa shape index (κ2) is 8.65. The molecule has 158 valence electrons. The van der Waals surface area contributed by atoms with E-state index in [1.165, 1.54) is 0 Å². The van der Waals surface area contributed by atoms with Crippen molar-refractivity contribution < 1.29 is 19.7 Å². The van der Waals surface area contributed by atoms with Crippen LogP contribution < -0.4 is 14.8 Å². The molecule has 30 heavy (non-hydrogen) atoms. The first-order valence-corrected chi connectivity index (χ1v) is 10.1. The second-order valence-corrected chi connectivity index (χ2v) is 7.66. The minimum absolute atomic E-state index is 0.0316. The van der Waals surface area contributed by atoms with E-state index in [-0.39, 0.29) is 13.2 Å². The van der Waals surface area contributed by atoms with Crippen LogP contribution in [0.15, 0.2) is 36.4 Å². The summed E-state index contributed by atoms with van der Waals surface area (Å²) < 4.78 is 11.1. The Labute approximate surface area is 182 Å². The van der Waals surface area contributed by atoms with Crippen LogP contribution in [-0.2, 0) is 6.54 Å². The average molecular weight is 450 g/mol. The van der Waals surface area contributed by atoms with Crippen molar-refractivity contribution in [3.63, 3.8) is 0 Å². The number of methoxy groups -OCH3 is 1. The predicted octanol–water partition coefficient (Wildman–Crippen LogP) is 4.26. The van der Waals surface area contributed by atoms with E-state index in [0.29, 0.717) is 28.1 Å². The van der Waals surface area contributed by atoms with Gasteiger partial charge in [-0.2, -0.15) is 0 Å². The van der Waals surface area contributed by atoms with Gasteiger partial charge in [0.25, 0.3) is 0 Å². The topological polar surface area (TPSA) is 103 Å². The number of benzene rings is 2. The molecule has 1 aliphatic heterocycles. The van der Waals surface area contributed by atoms with Crippen molar-refractivity contribution in [1.29, 1.82) is 0 Å². The first-order valence-electron chi connectivity index (χ1n) is 9.31. The van der Waals surface area contributed by atoms with E-state index in [4.69, 9.17) is 37.8 Å². The minimum atomic E-state index is -0.957. The quantitative estimate of drug-likeness (QED) is 0.276. The highest BCUT2D eigenvalue weighted by molar-refractivity contribution is 6.36. The van der Waals surface area contributed by atoms with Crippen LogP contribution in [0.25, 0.3) is 22.0 Å². The molecule has 0 saturated carbocycles. The Morgan fingerprint density at radius 3 is 2.57 bits per heavy atom. The van der Waals surface area contributed by atoms with Crippen molar-refractivity contribution in [2.45, 2.75) is 12.6 Å². The summed E-state index contributed by atoms with van der Waals surface area (Å²) in [7, 11) is 1.55. The van der Waals surface area contributed by atoms with Crippen LogP contribution in [-0.4, -0.2) is 46.8 Å². The summed E-state index contributed by atoms with van der Waals surface area (Å²) in [6, 6.07) is 11.2. The molecule has 0 aromatic heterocycles. The molecule has 0 saturated heterocycles. The minimum Gasteiger partial charge on any atom is -0.493 e. The highest BCUT2D eigenvalue weighted by atomic mass is 35.5. The number of nitrogens with one attached hydrogen (secondary N) is 3. The number of halogens is 2. The van der Waals surface area contributed by atoms with Gasteiger partial charge in [-0.1, -0.05) is 29.3 Å². The number of aromatic nitrogens is 2. The fourth-order valence-corrected chi connectivity index (χ4v) is 3.87. The molecular weight excluding hydrogens is 429 g/mol. The summed E-state index contributed by atoms with van der Waals surface area (Å²) in [5.41, 5.74) is 2.69. The maximum absolute atomic E-state index is 9.55. The van der Waals surface area contributed by atoms with Crippen LogP contribution in [0.2, 0.25) is 10.0 Å². The maximum atomic E-state index is 9.55. The lowest BCUT2D eigenvalue weighted by molar-refractivity contribution is 0.0528. The molecule has 1 atom stereocenters. The Balaban J connectivity index is 1.63. The fraction of sp³-hybridized carbons (Fsp3) is 0.238. The van der Waals surface area contributed by atoms with Gasteiger partial charge in [0.2, 0.25) is 0 Å². The van der Waals surface area contributed by atoms with Gasteiger partial charge in [0.05, 0.1) is 19.4 Å².